The molecule has 0 atom stereocenters. The van der Waals surface area contributed by atoms with Gasteiger partial charge in [-0.2, -0.15) is 0 Å². The highest BCUT2D eigenvalue weighted by Gasteiger charge is 2.32. The summed E-state index contributed by atoms with van der Waals surface area (Å²) in [7, 11) is 1.66. The molecule has 2 aliphatic rings. The Labute approximate surface area is 74.0 Å². The van der Waals surface area contributed by atoms with Crippen LogP contribution < -0.4 is 0 Å². The minimum absolute atomic E-state index is 0.762. The van der Waals surface area contributed by atoms with Crippen LogP contribution in [0.25, 0.3) is 0 Å². The Morgan fingerprint density at radius 3 is 2.00 bits per heavy atom. The zero-order chi connectivity index (χ0) is 8.39. The lowest BCUT2D eigenvalue weighted by molar-refractivity contribution is 0.200. The van der Waals surface area contributed by atoms with Crippen LogP contribution in [0.4, 0.5) is 0 Å². The molecule has 68 valence electrons. The topological polar surface area (TPSA) is 21.6 Å². The van der Waals surface area contributed by atoms with Gasteiger partial charge in [-0.05, 0) is 25.7 Å². The maximum atomic E-state index is 4.91. The quantitative estimate of drug-likeness (QED) is 0.550. The van der Waals surface area contributed by atoms with Crippen LogP contribution in [0.2, 0.25) is 0 Å². The Hall–Kier alpha value is -0.530. The van der Waals surface area contributed by atoms with Crippen LogP contribution in [0.5, 0.6) is 0 Å². The lowest BCUT2D eigenvalue weighted by atomic mass is 9.71. The van der Waals surface area contributed by atoms with Crippen molar-refractivity contribution in [3.8, 4) is 0 Å². The summed E-state index contributed by atoms with van der Waals surface area (Å²) in [4.78, 5) is 4.91. The fraction of sp³-hybridized carbons (Fsp3) is 0.900. The first-order valence-electron chi connectivity index (χ1n) is 5.02. The van der Waals surface area contributed by atoms with Crippen LogP contribution in [0.1, 0.15) is 38.5 Å². The van der Waals surface area contributed by atoms with Crippen molar-refractivity contribution in [3.63, 3.8) is 0 Å². The van der Waals surface area contributed by atoms with Crippen LogP contribution in [0.3, 0.4) is 0 Å². The van der Waals surface area contributed by atoms with E-state index in [1.54, 1.807) is 7.11 Å². The molecule has 2 saturated carbocycles. The van der Waals surface area contributed by atoms with Gasteiger partial charge in [0.25, 0.3) is 0 Å². The Balaban J connectivity index is 2.13. The molecule has 0 saturated heterocycles. The predicted molar refractivity (Wildman–Crippen MR) is 49.1 cm³/mol. The van der Waals surface area contributed by atoms with E-state index in [0.717, 1.165) is 11.8 Å². The Bertz CT molecular complexity index is 164. The third kappa shape index (κ3) is 1.35. The van der Waals surface area contributed by atoms with Gasteiger partial charge >= 0.3 is 0 Å². The van der Waals surface area contributed by atoms with E-state index in [4.69, 9.17) is 4.84 Å². The molecule has 2 heteroatoms. The van der Waals surface area contributed by atoms with Gasteiger partial charge in [0, 0.05) is 11.8 Å². The second-order valence-electron chi connectivity index (χ2n) is 3.95. The number of nitrogens with zero attached hydrogens (tertiary/aromatic N) is 1. The van der Waals surface area contributed by atoms with E-state index in [-0.39, 0.29) is 0 Å². The normalized spacial score (nSPS) is 34.6. The summed E-state index contributed by atoms with van der Waals surface area (Å²) in [5.74, 6) is 1.52. The molecule has 0 aliphatic heterocycles. The van der Waals surface area contributed by atoms with Crippen molar-refractivity contribution < 1.29 is 4.84 Å². The molecule has 0 aromatic heterocycles. The van der Waals surface area contributed by atoms with Gasteiger partial charge in [0.1, 0.15) is 7.11 Å². The zero-order valence-corrected chi connectivity index (χ0v) is 7.75. The van der Waals surface area contributed by atoms with Gasteiger partial charge in [0.15, 0.2) is 0 Å². The highest BCUT2D eigenvalue weighted by Crippen LogP contribution is 2.37. The lowest BCUT2D eigenvalue weighted by Crippen LogP contribution is -2.32. The largest absolute Gasteiger partial charge is 0.399 e. The van der Waals surface area contributed by atoms with E-state index in [1.807, 2.05) is 0 Å². The van der Waals surface area contributed by atoms with Crippen LogP contribution >= 0.6 is 0 Å². The van der Waals surface area contributed by atoms with Gasteiger partial charge in [-0.3, -0.25) is 0 Å². The molecule has 2 nitrogen and oxygen atoms in total. The molecule has 2 fully saturated rings. The molecule has 2 rings (SSSR count). The van der Waals surface area contributed by atoms with Crippen LogP contribution in [-0.4, -0.2) is 12.8 Å². The first-order valence-corrected chi connectivity index (χ1v) is 5.02. The maximum absolute atomic E-state index is 4.91. The van der Waals surface area contributed by atoms with Gasteiger partial charge in [0.2, 0.25) is 0 Å². The van der Waals surface area contributed by atoms with Gasteiger partial charge in [-0.1, -0.05) is 18.0 Å². The van der Waals surface area contributed by atoms with Crippen LogP contribution in [0.15, 0.2) is 5.16 Å². The molecule has 0 heterocycles. The molecule has 0 N–H and O–H groups in total. The molecule has 0 unspecified atom stereocenters. The predicted octanol–water partition coefficient (Wildman–Crippen LogP) is 2.59. The van der Waals surface area contributed by atoms with E-state index < -0.39 is 0 Å². The van der Waals surface area contributed by atoms with E-state index in [9.17, 15) is 0 Å². The summed E-state index contributed by atoms with van der Waals surface area (Å²) in [6, 6.07) is 0. The van der Waals surface area contributed by atoms with E-state index in [1.165, 1.54) is 44.2 Å². The van der Waals surface area contributed by atoms with E-state index in [0.29, 0.717) is 0 Å². The molecule has 0 radical (unpaired) electrons. The fourth-order valence-corrected chi connectivity index (χ4v) is 2.69. The standard InChI is InChI=1S/C10H17NO/c1-12-11-10-8-4-2-5-9(10)7-3-6-8/h8-9H,2-7H2,1H3. The molecular weight excluding hydrogens is 150 g/mol. The zero-order valence-electron chi connectivity index (χ0n) is 7.75. The number of hydrogen-bond acceptors (Lipinski definition) is 2. The van der Waals surface area contributed by atoms with Gasteiger partial charge in [-0.15, -0.1) is 0 Å². The number of rotatable bonds is 1. The van der Waals surface area contributed by atoms with Gasteiger partial charge in [0.05, 0.1) is 5.71 Å². The first kappa shape index (κ1) is 8.09. The third-order valence-electron chi connectivity index (χ3n) is 3.24. The Morgan fingerprint density at radius 2 is 1.58 bits per heavy atom. The van der Waals surface area contributed by atoms with Crippen molar-refractivity contribution in [2.45, 2.75) is 38.5 Å². The average Bonchev–Trinajstić information content (AvgIpc) is 2.04. The summed E-state index contributed by atoms with van der Waals surface area (Å²) >= 11 is 0. The summed E-state index contributed by atoms with van der Waals surface area (Å²) in [6.07, 6.45) is 8.19. The van der Waals surface area contributed by atoms with Crippen molar-refractivity contribution in [2.75, 3.05) is 7.11 Å². The molecule has 12 heavy (non-hydrogen) atoms. The Kier molecular flexibility index (Phi) is 2.33. The fourth-order valence-electron chi connectivity index (χ4n) is 2.69. The third-order valence-corrected chi connectivity index (χ3v) is 3.24. The maximum Gasteiger partial charge on any atom is 0.106 e. The van der Waals surface area contributed by atoms with Gasteiger partial charge in [-0.25, -0.2) is 0 Å². The summed E-state index contributed by atoms with van der Waals surface area (Å²) in [5.41, 5.74) is 1.37. The Morgan fingerprint density at radius 1 is 1.08 bits per heavy atom. The minimum atomic E-state index is 0.762. The van der Waals surface area contributed by atoms with Crippen LogP contribution in [-0.2, 0) is 4.84 Å². The number of hydrogen-bond donors (Lipinski definition) is 0. The smallest absolute Gasteiger partial charge is 0.106 e. The van der Waals surface area contributed by atoms with E-state index >= 15 is 0 Å². The molecule has 0 aromatic carbocycles. The second kappa shape index (κ2) is 3.46. The molecule has 0 aromatic rings. The average molecular weight is 167 g/mol. The minimum Gasteiger partial charge on any atom is -0.399 e. The van der Waals surface area contributed by atoms with Crippen molar-refractivity contribution >= 4 is 5.71 Å². The molecule has 2 bridgehead atoms. The van der Waals surface area contributed by atoms with Crippen LogP contribution in [0, 0.1) is 11.8 Å². The summed E-state index contributed by atoms with van der Waals surface area (Å²) < 4.78 is 0. The summed E-state index contributed by atoms with van der Waals surface area (Å²) in [6.45, 7) is 0. The molecule has 2 aliphatic carbocycles. The van der Waals surface area contributed by atoms with Crippen molar-refractivity contribution in [1.82, 2.24) is 0 Å². The molecular formula is C10H17NO. The highest BCUT2D eigenvalue weighted by molar-refractivity contribution is 5.89. The highest BCUT2D eigenvalue weighted by atomic mass is 16.6. The second-order valence-corrected chi connectivity index (χ2v) is 3.95. The molecule has 0 spiro atoms. The molecule has 0 amide bonds. The first-order chi connectivity index (χ1) is 5.92. The SMILES string of the molecule is CON=C1C2CCCC1CCC2. The monoisotopic (exact) mass is 167 g/mol. The number of fused-ring (bicyclic) bond motifs is 2. The van der Waals surface area contributed by atoms with Crippen molar-refractivity contribution in [1.29, 1.82) is 0 Å². The van der Waals surface area contributed by atoms with Crippen molar-refractivity contribution in [3.05, 3.63) is 0 Å². The van der Waals surface area contributed by atoms with Crippen molar-refractivity contribution in [2.24, 2.45) is 17.0 Å². The number of oxime groups is 1. The summed E-state index contributed by atoms with van der Waals surface area (Å²) in [5, 5.41) is 4.18. The lowest BCUT2D eigenvalue weighted by Gasteiger charge is -2.35. The van der Waals surface area contributed by atoms with Gasteiger partial charge < -0.3 is 4.84 Å². The van der Waals surface area contributed by atoms with E-state index in [2.05, 4.69) is 5.16 Å².